The monoisotopic (exact) mass is 490 g/mol. The number of hydrogen-bond acceptors (Lipinski definition) is 5. The van der Waals surface area contributed by atoms with Crippen molar-refractivity contribution in [3.05, 3.63) is 95.8 Å². The largest absolute Gasteiger partial charge is 0.464 e. The molecule has 4 aromatic heterocycles. The van der Waals surface area contributed by atoms with E-state index in [1.54, 1.807) is 17.1 Å². The number of aryl methyl sites for hydroxylation is 2. The first kappa shape index (κ1) is 22.7. The van der Waals surface area contributed by atoms with Crippen LogP contribution in [0, 0.1) is 20.8 Å². The fraction of sp³-hybridized carbons (Fsp3) is 0.172. The quantitative estimate of drug-likeness (QED) is 0.326. The number of carbonyl (C=O) groups is 1. The van der Waals surface area contributed by atoms with Crippen LogP contribution >= 0.6 is 0 Å². The highest BCUT2D eigenvalue weighted by molar-refractivity contribution is 5.96. The first-order chi connectivity index (χ1) is 18.0. The molecule has 0 aliphatic rings. The zero-order chi connectivity index (χ0) is 25.5. The van der Waals surface area contributed by atoms with Gasteiger partial charge in [-0.05, 0) is 55.3 Å². The van der Waals surface area contributed by atoms with E-state index in [9.17, 15) is 4.79 Å². The Kier molecular flexibility index (Phi) is 5.56. The van der Waals surface area contributed by atoms with Crippen LogP contribution in [0.15, 0.2) is 77.5 Å². The second-order valence-electron chi connectivity index (χ2n) is 9.17. The van der Waals surface area contributed by atoms with E-state index < -0.39 is 0 Å². The molecule has 8 heteroatoms. The molecule has 6 rings (SSSR count). The molecule has 6 aromatic rings. The Morgan fingerprint density at radius 2 is 1.73 bits per heavy atom. The summed E-state index contributed by atoms with van der Waals surface area (Å²) in [5.74, 6) is 0.551. The van der Waals surface area contributed by atoms with E-state index in [-0.39, 0.29) is 12.5 Å². The number of furan rings is 1. The van der Waals surface area contributed by atoms with Crippen molar-refractivity contribution in [1.82, 2.24) is 24.5 Å². The van der Waals surface area contributed by atoms with Crippen LogP contribution in [0.5, 0.6) is 0 Å². The van der Waals surface area contributed by atoms with Crippen LogP contribution < -0.4 is 5.32 Å². The molecule has 0 saturated carbocycles. The number of fused-ring (bicyclic) bond motifs is 2. The predicted molar refractivity (Wildman–Crippen MR) is 143 cm³/mol. The summed E-state index contributed by atoms with van der Waals surface area (Å²) in [6.45, 7) is 6.45. The Bertz CT molecular complexity index is 1760. The van der Waals surface area contributed by atoms with Crippen LogP contribution in [0.4, 0.5) is 5.69 Å². The first-order valence-electron chi connectivity index (χ1n) is 12.2. The molecular formula is C29H26N6O2. The number of carbonyl (C=O) groups excluding carboxylic acids is 1. The van der Waals surface area contributed by atoms with Gasteiger partial charge >= 0.3 is 0 Å². The van der Waals surface area contributed by atoms with Gasteiger partial charge in [0.05, 0.1) is 41.0 Å². The summed E-state index contributed by atoms with van der Waals surface area (Å²) < 4.78 is 9.17. The van der Waals surface area contributed by atoms with Gasteiger partial charge in [0.15, 0.2) is 5.65 Å². The number of rotatable bonds is 6. The molecule has 1 amide bonds. The average Bonchev–Trinajstić information content (AvgIpc) is 3.61. The highest BCUT2D eigenvalue weighted by Gasteiger charge is 2.19. The third-order valence-corrected chi connectivity index (χ3v) is 6.73. The van der Waals surface area contributed by atoms with Gasteiger partial charge in [-0.1, -0.05) is 42.5 Å². The average molecular weight is 491 g/mol. The van der Waals surface area contributed by atoms with Crippen LogP contribution in [-0.4, -0.2) is 30.5 Å². The second-order valence-corrected chi connectivity index (χ2v) is 9.17. The number of benzene rings is 2. The van der Waals surface area contributed by atoms with Crippen LogP contribution in [0.1, 0.15) is 22.6 Å². The number of amides is 1. The van der Waals surface area contributed by atoms with Gasteiger partial charge in [0, 0.05) is 11.8 Å². The lowest BCUT2D eigenvalue weighted by Crippen LogP contribution is -2.20. The van der Waals surface area contributed by atoms with Gasteiger partial charge in [0.1, 0.15) is 12.3 Å². The van der Waals surface area contributed by atoms with Crippen molar-refractivity contribution < 1.29 is 9.21 Å². The number of aromatic nitrogens is 5. The Morgan fingerprint density at radius 1 is 0.919 bits per heavy atom. The molecule has 0 spiro atoms. The normalized spacial score (nSPS) is 11.4. The predicted octanol–water partition coefficient (Wildman–Crippen LogP) is 5.65. The second kappa shape index (κ2) is 9.05. The SMILES string of the molecule is Cc1nn(Cc2cccc3ccccc23)c(C)c1NC(=O)Cn1nc(C)c2c(-c3ccco3)ccnc21. The van der Waals surface area contributed by atoms with E-state index in [4.69, 9.17) is 9.52 Å². The minimum Gasteiger partial charge on any atom is -0.464 e. The van der Waals surface area contributed by atoms with Gasteiger partial charge in [0.2, 0.25) is 5.91 Å². The summed E-state index contributed by atoms with van der Waals surface area (Å²) in [4.78, 5) is 17.6. The van der Waals surface area contributed by atoms with E-state index >= 15 is 0 Å². The fourth-order valence-corrected chi connectivity index (χ4v) is 4.97. The molecule has 0 saturated heterocycles. The maximum absolute atomic E-state index is 13.1. The minimum atomic E-state index is -0.189. The number of hydrogen-bond donors (Lipinski definition) is 1. The van der Waals surface area contributed by atoms with Gasteiger partial charge in [0.25, 0.3) is 0 Å². The molecule has 0 fully saturated rings. The maximum atomic E-state index is 13.1. The third kappa shape index (κ3) is 4.06. The molecule has 0 bridgehead atoms. The molecule has 37 heavy (non-hydrogen) atoms. The third-order valence-electron chi connectivity index (χ3n) is 6.73. The molecule has 8 nitrogen and oxygen atoms in total. The number of nitrogens with one attached hydrogen (secondary N) is 1. The van der Waals surface area contributed by atoms with Gasteiger partial charge in [-0.25, -0.2) is 9.67 Å². The van der Waals surface area contributed by atoms with Crippen molar-refractivity contribution in [2.75, 3.05) is 5.32 Å². The van der Waals surface area contributed by atoms with Crippen LogP contribution in [-0.2, 0) is 17.9 Å². The zero-order valence-corrected chi connectivity index (χ0v) is 20.9. The topological polar surface area (TPSA) is 90.8 Å². The minimum absolute atomic E-state index is 0.0341. The summed E-state index contributed by atoms with van der Waals surface area (Å²) in [6, 6.07) is 20.3. The van der Waals surface area contributed by atoms with Gasteiger partial charge in [-0.3, -0.25) is 9.48 Å². The lowest BCUT2D eigenvalue weighted by Gasteiger charge is -2.10. The maximum Gasteiger partial charge on any atom is 0.246 e. The first-order valence-corrected chi connectivity index (χ1v) is 12.2. The molecule has 1 N–H and O–H groups in total. The molecule has 4 heterocycles. The van der Waals surface area contributed by atoms with Crippen LogP contribution in [0.25, 0.3) is 33.1 Å². The Labute approximate surface area is 213 Å². The fourth-order valence-electron chi connectivity index (χ4n) is 4.97. The Balaban J connectivity index is 1.25. The van der Waals surface area contributed by atoms with E-state index in [1.807, 2.05) is 55.8 Å². The smallest absolute Gasteiger partial charge is 0.246 e. The molecule has 0 atom stereocenters. The number of anilines is 1. The van der Waals surface area contributed by atoms with Crippen molar-refractivity contribution >= 4 is 33.4 Å². The Hall–Kier alpha value is -4.72. The molecule has 2 aromatic carbocycles. The lowest BCUT2D eigenvalue weighted by molar-refractivity contribution is -0.116. The van der Waals surface area contributed by atoms with E-state index in [1.165, 1.54) is 16.3 Å². The summed E-state index contributed by atoms with van der Waals surface area (Å²) in [5, 5.41) is 15.7. The highest BCUT2D eigenvalue weighted by atomic mass is 16.3. The molecule has 0 radical (unpaired) electrons. The van der Waals surface area contributed by atoms with Crippen molar-refractivity contribution in [3.63, 3.8) is 0 Å². The number of pyridine rings is 1. The van der Waals surface area contributed by atoms with E-state index in [0.29, 0.717) is 12.2 Å². The number of nitrogens with zero attached hydrogens (tertiary/aromatic N) is 5. The summed E-state index contributed by atoms with van der Waals surface area (Å²) in [6.07, 6.45) is 3.35. The molecule has 184 valence electrons. The van der Waals surface area contributed by atoms with E-state index in [2.05, 4.69) is 45.7 Å². The lowest BCUT2D eigenvalue weighted by atomic mass is 10.0. The van der Waals surface area contributed by atoms with Gasteiger partial charge < -0.3 is 9.73 Å². The summed E-state index contributed by atoms with van der Waals surface area (Å²) in [7, 11) is 0. The summed E-state index contributed by atoms with van der Waals surface area (Å²) in [5.41, 5.74) is 5.91. The van der Waals surface area contributed by atoms with E-state index in [0.717, 1.165) is 39.5 Å². The van der Waals surface area contributed by atoms with Gasteiger partial charge in [-0.15, -0.1) is 0 Å². The molecular weight excluding hydrogens is 464 g/mol. The van der Waals surface area contributed by atoms with Gasteiger partial charge in [-0.2, -0.15) is 10.2 Å². The van der Waals surface area contributed by atoms with Crippen LogP contribution in [0.3, 0.4) is 0 Å². The van der Waals surface area contributed by atoms with Crippen molar-refractivity contribution in [1.29, 1.82) is 0 Å². The zero-order valence-electron chi connectivity index (χ0n) is 20.9. The van der Waals surface area contributed by atoms with Crippen LogP contribution in [0.2, 0.25) is 0 Å². The Morgan fingerprint density at radius 3 is 2.57 bits per heavy atom. The van der Waals surface area contributed by atoms with Crippen molar-refractivity contribution in [2.45, 2.75) is 33.9 Å². The van der Waals surface area contributed by atoms with Crippen molar-refractivity contribution in [3.8, 4) is 11.3 Å². The highest BCUT2D eigenvalue weighted by Crippen LogP contribution is 2.30. The summed E-state index contributed by atoms with van der Waals surface area (Å²) >= 11 is 0. The standard InChI is InChI=1S/C29H26N6O2/c1-18-27-24(25-12-7-15-37-25)13-14-30-29(27)35(32-18)17-26(36)31-28-19(2)33-34(20(28)3)16-22-10-6-9-21-8-4-5-11-23(21)22/h4-15H,16-17H2,1-3H3,(H,31,36). The van der Waals surface area contributed by atoms with Crippen molar-refractivity contribution in [2.24, 2.45) is 0 Å². The molecule has 0 aliphatic carbocycles. The molecule has 0 unspecified atom stereocenters. The molecule has 0 aliphatic heterocycles.